The molecule has 1 aliphatic heterocycles. The Bertz CT molecular complexity index is 430. The monoisotopic (exact) mass is 217 g/mol. The zero-order valence-electron chi connectivity index (χ0n) is 11.4. The molecule has 0 bridgehead atoms. The highest BCUT2D eigenvalue weighted by Gasteiger charge is 2.25. The smallest absolute Gasteiger partial charge is 0.0240 e. The van der Waals surface area contributed by atoms with Gasteiger partial charge < -0.3 is 0 Å². The minimum absolute atomic E-state index is 0.638. The van der Waals surface area contributed by atoms with Crippen molar-refractivity contribution in [3.63, 3.8) is 0 Å². The molecular formula is C15H23N. The third kappa shape index (κ3) is 1.58. The fraction of sp³-hybridized carbons (Fsp3) is 0.600. The van der Waals surface area contributed by atoms with Crippen LogP contribution in [-0.4, -0.2) is 11.9 Å². The van der Waals surface area contributed by atoms with Crippen LogP contribution in [0.5, 0.6) is 0 Å². The lowest BCUT2D eigenvalue weighted by molar-refractivity contribution is 0.352. The van der Waals surface area contributed by atoms with Crippen molar-refractivity contribution < 1.29 is 0 Å². The van der Waals surface area contributed by atoms with Gasteiger partial charge in [0.2, 0.25) is 0 Å². The highest BCUT2D eigenvalue weighted by Crippen LogP contribution is 2.36. The van der Waals surface area contributed by atoms with Crippen LogP contribution in [0.25, 0.3) is 0 Å². The summed E-state index contributed by atoms with van der Waals surface area (Å²) in [4.78, 5) is 2.42. The second kappa shape index (κ2) is 3.89. The lowest BCUT2D eigenvalue weighted by atomic mass is 9.85. The molecule has 0 saturated heterocycles. The Morgan fingerprint density at radius 1 is 0.875 bits per heavy atom. The molecule has 1 aliphatic rings. The molecule has 0 saturated carbocycles. The van der Waals surface area contributed by atoms with E-state index in [9.17, 15) is 0 Å². The van der Waals surface area contributed by atoms with Crippen molar-refractivity contribution in [3.05, 3.63) is 33.4 Å². The third-order valence-corrected chi connectivity index (χ3v) is 4.10. The topological polar surface area (TPSA) is 3.24 Å². The molecule has 1 aromatic rings. The van der Waals surface area contributed by atoms with Crippen LogP contribution in [0.2, 0.25) is 0 Å². The zero-order valence-corrected chi connectivity index (χ0v) is 11.4. The van der Waals surface area contributed by atoms with Crippen molar-refractivity contribution in [2.75, 3.05) is 7.05 Å². The van der Waals surface area contributed by atoms with Gasteiger partial charge in [0.25, 0.3) is 0 Å². The van der Waals surface area contributed by atoms with E-state index in [1.54, 1.807) is 16.7 Å². The average molecular weight is 217 g/mol. The quantitative estimate of drug-likeness (QED) is 0.693. The van der Waals surface area contributed by atoms with Gasteiger partial charge in [0, 0.05) is 13.1 Å². The molecule has 88 valence electrons. The van der Waals surface area contributed by atoms with E-state index in [2.05, 4.69) is 46.6 Å². The second-order valence-corrected chi connectivity index (χ2v) is 5.57. The SMILES string of the molecule is Cc1c(C)c2c(c(C(C)C)c1C)CN(C)C2. The zero-order chi connectivity index (χ0) is 12.0. The number of benzene rings is 1. The Hall–Kier alpha value is -0.820. The molecule has 0 unspecified atom stereocenters. The van der Waals surface area contributed by atoms with E-state index in [1.165, 1.54) is 16.7 Å². The summed E-state index contributed by atoms with van der Waals surface area (Å²) in [6, 6.07) is 0. The largest absolute Gasteiger partial charge is 0.298 e. The predicted octanol–water partition coefficient (Wildman–Crippen LogP) is 3.68. The molecule has 1 heterocycles. The average Bonchev–Trinajstić information content (AvgIpc) is 2.56. The standard InChI is InChI=1S/C15H23N/c1-9(2)15-12(5)10(3)11(4)13-7-16(6)8-14(13)15/h9H,7-8H2,1-6H3. The summed E-state index contributed by atoms with van der Waals surface area (Å²) in [6.07, 6.45) is 0. The fourth-order valence-electron chi connectivity index (χ4n) is 3.10. The lowest BCUT2D eigenvalue weighted by Gasteiger charge is -2.20. The number of hydrogen-bond acceptors (Lipinski definition) is 1. The summed E-state index contributed by atoms with van der Waals surface area (Å²) in [5, 5.41) is 0. The fourth-order valence-corrected chi connectivity index (χ4v) is 3.10. The van der Waals surface area contributed by atoms with Crippen LogP contribution in [0.15, 0.2) is 0 Å². The van der Waals surface area contributed by atoms with Crippen molar-refractivity contribution >= 4 is 0 Å². The molecule has 1 aromatic carbocycles. The van der Waals surface area contributed by atoms with E-state index in [0.717, 1.165) is 13.1 Å². The van der Waals surface area contributed by atoms with Crippen molar-refractivity contribution in [1.82, 2.24) is 4.90 Å². The molecule has 0 N–H and O–H groups in total. The van der Waals surface area contributed by atoms with Gasteiger partial charge in [-0.2, -0.15) is 0 Å². The Kier molecular flexibility index (Phi) is 2.83. The Labute approximate surface area is 99.5 Å². The molecule has 0 aliphatic carbocycles. The first-order valence-electron chi connectivity index (χ1n) is 6.23. The number of hydrogen-bond donors (Lipinski definition) is 0. The van der Waals surface area contributed by atoms with E-state index in [0.29, 0.717) is 5.92 Å². The molecule has 0 spiro atoms. The maximum Gasteiger partial charge on any atom is 0.0240 e. The summed E-state index contributed by atoms with van der Waals surface area (Å²) in [5.41, 5.74) is 9.33. The highest BCUT2D eigenvalue weighted by molar-refractivity contribution is 5.53. The van der Waals surface area contributed by atoms with E-state index >= 15 is 0 Å². The van der Waals surface area contributed by atoms with E-state index in [1.807, 2.05) is 0 Å². The van der Waals surface area contributed by atoms with Gasteiger partial charge in [-0.3, -0.25) is 4.90 Å². The van der Waals surface area contributed by atoms with Crippen molar-refractivity contribution in [2.45, 2.75) is 53.6 Å². The molecule has 0 radical (unpaired) electrons. The van der Waals surface area contributed by atoms with Gasteiger partial charge in [-0.05, 0) is 67.1 Å². The van der Waals surface area contributed by atoms with Gasteiger partial charge in [-0.15, -0.1) is 0 Å². The van der Waals surface area contributed by atoms with Crippen LogP contribution in [0.4, 0.5) is 0 Å². The first-order chi connectivity index (χ1) is 7.43. The van der Waals surface area contributed by atoms with Crippen LogP contribution in [-0.2, 0) is 13.1 Å². The second-order valence-electron chi connectivity index (χ2n) is 5.57. The Morgan fingerprint density at radius 2 is 1.44 bits per heavy atom. The third-order valence-electron chi connectivity index (χ3n) is 4.10. The maximum atomic E-state index is 2.42. The molecule has 1 heteroatoms. The predicted molar refractivity (Wildman–Crippen MR) is 69.9 cm³/mol. The number of nitrogens with zero attached hydrogens (tertiary/aromatic N) is 1. The van der Waals surface area contributed by atoms with Crippen molar-refractivity contribution in [3.8, 4) is 0 Å². The summed E-state index contributed by atoms with van der Waals surface area (Å²) in [5.74, 6) is 0.638. The minimum Gasteiger partial charge on any atom is -0.298 e. The van der Waals surface area contributed by atoms with Gasteiger partial charge in [-0.25, -0.2) is 0 Å². The molecule has 2 rings (SSSR count). The molecule has 0 atom stereocenters. The Balaban J connectivity index is 2.72. The van der Waals surface area contributed by atoms with Gasteiger partial charge in [0.1, 0.15) is 0 Å². The van der Waals surface area contributed by atoms with Crippen LogP contribution < -0.4 is 0 Å². The molecule has 0 fully saturated rings. The molecule has 0 amide bonds. The van der Waals surface area contributed by atoms with E-state index < -0.39 is 0 Å². The highest BCUT2D eigenvalue weighted by atomic mass is 15.1. The van der Waals surface area contributed by atoms with Crippen LogP contribution in [0.1, 0.15) is 53.1 Å². The van der Waals surface area contributed by atoms with E-state index in [-0.39, 0.29) is 0 Å². The molecule has 1 nitrogen and oxygen atoms in total. The van der Waals surface area contributed by atoms with Crippen LogP contribution >= 0.6 is 0 Å². The van der Waals surface area contributed by atoms with Gasteiger partial charge in [-0.1, -0.05) is 13.8 Å². The summed E-state index contributed by atoms with van der Waals surface area (Å²) >= 11 is 0. The van der Waals surface area contributed by atoms with Gasteiger partial charge in [0.05, 0.1) is 0 Å². The molecular weight excluding hydrogens is 194 g/mol. The molecule has 16 heavy (non-hydrogen) atoms. The molecule has 0 aromatic heterocycles. The van der Waals surface area contributed by atoms with Gasteiger partial charge in [0.15, 0.2) is 0 Å². The van der Waals surface area contributed by atoms with Crippen LogP contribution in [0.3, 0.4) is 0 Å². The number of fused-ring (bicyclic) bond motifs is 1. The summed E-state index contributed by atoms with van der Waals surface area (Å²) in [6.45, 7) is 13.7. The first kappa shape index (κ1) is 11.7. The first-order valence-corrected chi connectivity index (χ1v) is 6.23. The summed E-state index contributed by atoms with van der Waals surface area (Å²) in [7, 11) is 2.22. The van der Waals surface area contributed by atoms with E-state index in [4.69, 9.17) is 0 Å². The lowest BCUT2D eigenvalue weighted by Crippen LogP contribution is -2.08. The van der Waals surface area contributed by atoms with Crippen molar-refractivity contribution in [2.24, 2.45) is 0 Å². The maximum absolute atomic E-state index is 2.42. The minimum atomic E-state index is 0.638. The van der Waals surface area contributed by atoms with Crippen LogP contribution in [0, 0.1) is 20.8 Å². The van der Waals surface area contributed by atoms with Crippen molar-refractivity contribution in [1.29, 1.82) is 0 Å². The normalized spacial score (nSPS) is 15.9. The number of rotatable bonds is 1. The van der Waals surface area contributed by atoms with Gasteiger partial charge >= 0.3 is 0 Å². The summed E-state index contributed by atoms with van der Waals surface area (Å²) < 4.78 is 0. The Morgan fingerprint density at radius 3 is 2.00 bits per heavy atom.